The fourth-order valence-corrected chi connectivity index (χ4v) is 6.84. The highest BCUT2D eigenvalue weighted by atomic mass is 32.8. The van der Waals surface area contributed by atoms with Crippen LogP contribution in [0.25, 0.3) is 0 Å². The molecule has 0 saturated heterocycles. The third kappa shape index (κ3) is 5.08. The molecule has 0 radical (unpaired) electrons. The van der Waals surface area contributed by atoms with Gasteiger partial charge >= 0.3 is 0 Å². The van der Waals surface area contributed by atoms with Crippen LogP contribution >= 0.6 is 41.3 Å². The summed E-state index contributed by atoms with van der Waals surface area (Å²) in [6.07, 6.45) is 0. The third-order valence-electron chi connectivity index (χ3n) is 1.15. The highest BCUT2D eigenvalue weighted by Gasteiger charge is 2.32. The Hall–Kier alpha value is 2.06. The summed E-state index contributed by atoms with van der Waals surface area (Å²) in [5.74, 6) is 0. The molecule has 0 aliphatic rings. The van der Waals surface area contributed by atoms with E-state index in [1.807, 2.05) is 0 Å². The molecule has 0 fully saturated rings. The first-order chi connectivity index (χ1) is 5.58. The molecular formula is C4H15O3P5S. The van der Waals surface area contributed by atoms with E-state index in [9.17, 15) is 8.42 Å². The van der Waals surface area contributed by atoms with Gasteiger partial charge in [0.2, 0.25) is 0 Å². The Bertz CT molecular complexity index is 255. The van der Waals surface area contributed by atoms with Gasteiger partial charge in [-0.15, -0.1) is 17.9 Å². The van der Waals surface area contributed by atoms with Crippen LogP contribution < -0.4 is 0 Å². The molecule has 4 unspecified atom stereocenters. The van der Waals surface area contributed by atoms with Gasteiger partial charge in [0, 0.05) is 0 Å². The van der Waals surface area contributed by atoms with E-state index in [0.29, 0.717) is 0 Å². The second-order valence-electron chi connectivity index (χ2n) is 3.32. The Labute approximate surface area is 89.4 Å². The van der Waals surface area contributed by atoms with Gasteiger partial charge in [0.25, 0.3) is 10.1 Å². The lowest BCUT2D eigenvalue weighted by atomic mass is 10.3. The van der Waals surface area contributed by atoms with Gasteiger partial charge in [-0.25, -0.2) is 3.97 Å². The average Bonchev–Trinajstić information content (AvgIpc) is 1.83. The number of hydrogen-bond donors (Lipinski definition) is 0. The van der Waals surface area contributed by atoms with E-state index in [1.165, 1.54) is 0 Å². The van der Waals surface area contributed by atoms with E-state index in [2.05, 4.69) is 26.8 Å². The van der Waals surface area contributed by atoms with Crippen LogP contribution in [0.5, 0.6) is 0 Å². The summed E-state index contributed by atoms with van der Waals surface area (Å²) in [4.78, 5) is 0. The Morgan fingerprint density at radius 3 is 1.77 bits per heavy atom. The van der Waals surface area contributed by atoms with Crippen LogP contribution in [0.2, 0.25) is 0 Å². The standard InChI is InChI=1S/C4H15O3P5S/c1-4(2,3)13(5,6)7-11(8)12(9)10/h8-10H2,1-3H3. The van der Waals surface area contributed by atoms with Gasteiger partial charge in [0.15, 0.2) is 0 Å². The van der Waals surface area contributed by atoms with Gasteiger partial charge in [-0.1, -0.05) is 8.93 Å². The molecule has 0 spiro atoms. The predicted molar refractivity (Wildman–Crippen MR) is 72.7 cm³/mol. The normalized spacial score (nSPS) is 16.2. The fourth-order valence-electron chi connectivity index (χ4n) is 0.251. The maximum atomic E-state index is 11.5. The zero-order valence-corrected chi connectivity index (χ0v) is 13.8. The van der Waals surface area contributed by atoms with Crippen molar-refractivity contribution in [3.63, 3.8) is 0 Å². The average molecular weight is 298 g/mol. The second-order valence-corrected chi connectivity index (χ2v) is 20.4. The van der Waals surface area contributed by atoms with Gasteiger partial charge < -0.3 is 0 Å². The number of hydrogen-bond acceptors (Lipinski definition) is 3. The van der Waals surface area contributed by atoms with Crippen molar-refractivity contribution in [1.82, 2.24) is 0 Å². The lowest BCUT2D eigenvalue weighted by molar-refractivity contribution is 0.479. The Balaban J connectivity index is 4.55. The van der Waals surface area contributed by atoms with Crippen molar-refractivity contribution in [2.75, 3.05) is 0 Å². The quantitative estimate of drug-likeness (QED) is 0.751. The molecule has 80 valence electrons. The second kappa shape index (κ2) is 5.41. The summed E-state index contributed by atoms with van der Waals surface area (Å²) < 4.78 is 27.3. The third-order valence-corrected chi connectivity index (χ3v) is 18.5. The molecule has 0 aromatic heterocycles. The molecule has 0 aliphatic carbocycles. The Morgan fingerprint density at radius 1 is 1.15 bits per heavy atom. The van der Waals surface area contributed by atoms with E-state index in [1.54, 1.807) is 20.8 Å². The highest BCUT2D eigenvalue weighted by molar-refractivity contribution is 8.81. The molecule has 0 N–H and O–H groups in total. The molecule has 9 heteroatoms. The molecule has 0 aromatic carbocycles. The van der Waals surface area contributed by atoms with Gasteiger partial charge in [0.05, 0.1) is 4.75 Å². The summed E-state index contributed by atoms with van der Waals surface area (Å²) >= 11 is 0. The molecule has 0 aromatic rings. The van der Waals surface area contributed by atoms with Crippen LogP contribution in [0, 0.1) is 0 Å². The Morgan fingerprint density at radius 2 is 1.54 bits per heavy atom. The van der Waals surface area contributed by atoms with Gasteiger partial charge in [-0.3, -0.25) is 0 Å². The van der Waals surface area contributed by atoms with Gasteiger partial charge in [-0.2, -0.15) is 8.42 Å². The van der Waals surface area contributed by atoms with E-state index in [-0.39, 0.29) is 0 Å². The van der Waals surface area contributed by atoms with Gasteiger partial charge in [-0.05, 0) is 27.8 Å². The fraction of sp³-hybridized carbons (Fsp3) is 1.00. The van der Waals surface area contributed by atoms with Crippen molar-refractivity contribution >= 4 is 51.4 Å². The molecule has 0 rings (SSSR count). The molecule has 0 amide bonds. The zero-order valence-electron chi connectivity index (χ0n) is 7.76. The topological polar surface area (TPSA) is 43.4 Å². The summed E-state index contributed by atoms with van der Waals surface area (Å²) in [5, 5.41) is 0. The molecule has 0 aliphatic heterocycles. The first kappa shape index (κ1) is 15.1. The van der Waals surface area contributed by atoms with Crippen molar-refractivity contribution in [1.29, 1.82) is 0 Å². The van der Waals surface area contributed by atoms with Crippen molar-refractivity contribution in [3.8, 4) is 0 Å². The van der Waals surface area contributed by atoms with Crippen LogP contribution in [0.3, 0.4) is 0 Å². The highest BCUT2D eigenvalue weighted by Crippen LogP contribution is 2.84. The minimum atomic E-state index is -3.44. The minimum absolute atomic E-state index is 0.513. The van der Waals surface area contributed by atoms with Crippen LogP contribution in [0.4, 0.5) is 0 Å². The molecular weight excluding hydrogens is 283 g/mol. The van der Waals surface area contributed by atoms with Crippen LogP contribution in [0.15, 0.2) is 0 Å². The summed E-state index contributed by atoms with van der Waals surface area (Å²) in [6, 6.07) is 0. The van der Waals surface area contributed by atoms with E-state index < -0.39 is 29.4 Å². The van der Waals surface area contributed by atoms with Crippen molar-refractivity contribution in [2.24, 2.45) is 0 Å². The molecule has 0 saturated carbocycles. The van der Waals surface area contributed by atoms with Crippen molar-refractivity contribution < 1.29 is 12.4 Å². The maximum absolute atomic E-state index is 11.5. The van der Waals surface area contributed by atoms with Crippen molar-refractivity contribution in [2.45, 2.75) is 25.5 Å². The number of rotatable bonds is 3. The van der Waals surface area contributed by atoms with Gasteiger partial charge in [0.1, 0.15) is 7.53 Å². The van der Waals surface area contributed by atoms with E-state index >= 15 is 0 Å². The lowest BCUT2D eigenvalue weighted by Gasteiger charge is -2.22. The van der Waals surface area contributed by atoms with Crippen LogP contribution in [0.1, 0.15) is 20.8 Å². The van der Waals surface area contributed by atoms with Crippen LogP contribution in [-0.4, -0.2) is 13.2 Å². The minimum Gasteiger partial charge on any atom is -0.238 e. The SMILES string of the molecule is CC(C)(C)S(=O)(=O)OP(P)P(P)P. The molecule has 13 heavy (non-hydrogen) atoms. The molecule has 0 bridgehead atoms. The smallest absolute Gasteiger partial charge is 0.238 e. The maximum Gasteiger partial charge on any atom is 0.275 e. The summed E-state index contributed by atoms with van der Waals surface area (Å²) in [5.41, 5.74) is 0. The predicted octanol–water partition coefficient (Wildman–Crippen LogP) is 3.30. The Kier molecular flexibility index (Phi) is 6.26. The monoisotopic (exact) mass is 298 g/mol. The first-order valence-electron chi connectivity index (χ1n) is 3.36. The van der Waals surface area contributed by atoms with E-state index in [0.717, 1.165) is 0 Å². The molecule has 4 atom stereocenters. The van der Waals surface area contributed by atoms with E-state index in [4.69, 9.17) is 3.97 Å². The lowest BCUT2D eigenvalue weighted by Crippen LogP contribution is -2.28. The summed E-state index contributed by atoms with van der Waals surface area (Å²) in [7, 11) is 3.15. The first-order valence-corrected chi connectivity index (χ1v) is 12.9. The summed E-state index contributed by atoms with van der Waals surface area (Å²) in [6.45, 7) is 4.37. The molecule has 3 nitrogen and oxygen atoms in total. The zero-order chi connectivity index (χ0) is 10.9. The van der Waals surface area contributed by atoms with Crippen molar-refractivity contribution in [3.05, 3.63) is 0 Å². The van der Waals surface area contributed by atoms with Crippen LogP contribution in [-0.2, 0) is 14.1 Å². The largest absolute Gasteiger partial charge is 0.275 e. The molecule has 0 heterocycles.